The quantitative estimate of drug-likeness (QED) is 0.638. The molecule has 29 heavy (non-hydrogen) atoms. The molecule has 2 aromatic heterocycles. The lowest BCUT2D eigenvalue weighted by Crippen LogP contribution is -2.28. The molecule has 0 spiro atoms. The molecule has 10 heteroatoms. The number of hydrogen-bond donors (Lipinski definition) is 1. The Morgan fingerprint density at radius 1 is 1.38 bits per heavy atom. The van der Waals surface area contributed by atoms with Crippen molar-refractivity contribution in [1.82, 2.24) is 19.7 Å². The molecule has 1 aliphatic heterocycles. The monoisotopic (exact) mass is 414 g/mol. The molecule has 1 aliphatic rings. The summed E-state index contributed by atoms with van der Waals surface area (Å²) in [5.74, 6) is 0.202. The molecule has 1 atom stereocenters. The molecule has 1 N–H and O–H groups in total. The van der Waals surface area contributed by atoms with Crippen LogP contribution in [0.3, 0.4) is 0 Å². The highest BCUT2D eigenvalue weighted by Crippen LogP contribution is 2.34. The van der Waals surface area contributed by atoms with E-state index < -0.39 is 5.92 Å². The van der Waals surface area contributed by atoms with Crippen LogP contribution in [0.5, 0.6) is 5.75 Å². The number of hydrogen-bond acceptors (Lipinski definition) is 7. The van der Waals surface area contributed by atoms with E-state index in [1.165, 1.54) is 11.3 Å². The van der Waals surface area contributed by atoms with Gasteiger partial charge in [0.2, 0.25) is 17.8 Å². The predicted octanol–water partition coefficient (Wildman–Crippen LogP) is 2.69. The van der Waals surface area contributed by atoms with Gasteiger partial charge in [0, 0.05) is 19.5 Å². The number of carbonyl (C=O) groups excluding carboxylic acids is 2. The number of nitrogens with zero attached hydrogens (tertiary/aromatic N) is 5. The Morgan fingerprint density at radius 2 is 2.24 bits per heavy atom. The van der Waals surface area contributed by atoms with E-state index >= 15 is 0 Å². The Morgan fingerprint density at radius 3 is 3.03 bits per heavy atom. The van der Waals surface area contributed by atoms with Crippen LogP contribution in [0, 0.1) is 5.92 Å². The number of aryl methyl sites for hydroxylation is 1. The third kappa shape index (κ3) is 4.07. The van der Waals surface area contributed by atoms with Crippen LogP contribution in [0.15, 0.2) is 24.5 Å². The van der Waals surface area contributed by atoms with Crippen LogP contribution in [0.1, 0.15) is 26.7 Å². The number of amides is 2. The highest BCUT2D eigenvalue weighted by Gasteiger charge is 2.37. The number of nitrogens with one attached hydrogen (secondary N) is 1. The molecule has 0 aliphatic carbocycles. The second kappa shape index (κ2) is 8.16. The molecular formula is C19H22N6O3S. The van der Waals surface area contributed by atoms with E-state index in [0.717, 1.165) is 28.9 Å². The van der Waals surface area contributed by atoms with E-state index in [0.29, 0.717) is 18.3 Å². The van der Waals surface area contributed by atoms with Gasteiger partial charge >= 0.3 is 0 Å². The van der Waals surface area contributed by atoms with Gasteiger partial charge in [0.1, 0.15) is 12.1 Å². The molecule has 1 saturated heterocycles. The van der Waals surface area contributed by atoms with Gasteiger partial charge in [-0.2, -0.15) is 0 Å². The van der Waals surface area contributed by atoms with E-state index in [1.807, 2.05) is 32.0 Å². The zero-order valence-electron chi connectivity index (χ0n) is 16.3. The second-order valence-corrected chi connectivity index (χ2v) is 7.79. The van der Waals surface area contributed by atoms with Crippen molar-refractivity contribution in [3.8, 4) is 5.75 Å². The molecular weight excluding hydrogens is 392 g/mol. The fourth-order valence-electron chi connectivity index (χ4n) is 3.23. The summed E-state index contributed by atoms with van der Waals surface area (Å²) < 4.78 is 8.15. The van der Waals surface area contributed by atoms with Gasteiger partial charge in [-0.3, -0.25) is 24.5 Å². The molecule has 1 fully saturated rings. The Bertz CT molecular complexity index is 1050. The van der Waals surface area contributed by atoms with Gasteiger partial charge in [-0.15, -0.1) is 5.10 Å². The number of benzene rings is 1. The molecule has 1 unspecified atom stereocenters. The van der Waals surface area contributed by atoms with Crippen molar-refractivity contribution in [1.29, 1.82) is 0 Å². The van der Waals surface area contributed by atoms with E-state index in [1.54, 1.807) is 15.9 Å². The van der Waals surface area contributed by atoms with Crippen LogP contribution in [0.25, 0.3) is 10.2 Å². The van der Waals surface area contributed by atoms with Crippen LogP contribution in [-0.2, 0) is 16.1 Å². The summed E-state index contributed by atoms with van der Waals surface area (Å²) in [6.45, 7) is 5.59. The highest BCUT2D eigenvalue weighted by atomic mass is 32.1. The van der Waals surface area contributed by atoms with Gasteiger partial charge < -0.3 is 4.74 Å². The molecule has 0 saturated carbocycles. The maximum absolute atomic E-state index is 12.6. The average Bonchev–Trinajstić information content (AvgIpc) is 3.40. The summed E-state index contributed by atoms with van der Waals surface area (Å²) in [7, 11) is 0. The van der Waals surface area contributed by atoms with Gasteiger partial charge in [0.05, 0.1) is 22.7 Å². The third-order valence-corrected chi connectivity index (χ3v) is 5.65. The summed E-state index contributed by atoms with van der Waals surface area (Å²) in [6.07, 6.45) is 2.65. The Labute approximate surface area is 171 Å². The standard InChI is InChI=1S/C19H22N6O3S/c1-3-7-24-11-20-18(23-24)22-17(27)12-8-16(26)25(10-12)19-21-14-6-5-13(28-4-2)9-15(14)29-19/h5-6,9,11-12H,3-4,7-8,10H2,1-2H3,(H,22,23,27). The lowest BCUT2D eigenvalue weighted by atomic mass is 10.1. The predicted molar refractivity (Wildman–Crippen MR) is 110 cm³/mol. The van der Waals surface area contributed by atoms with Crippen molar-refractivity contribution in [2.24, 2.45) is 5.92 Å². The minimum absolute atomic E-state index is 0.112. The van der Waals surface area contributed by atoms with Crippen molar-refractivity contribution in [2.45, 2.75) is 33.2 Å². The molecule has 1 aromatic carbocycles. The van der Waals surface area contributed by atoms with Gasteiger partial charge in [-0.1, -0.05) is 18.3 Å². The molecule has 0 radical (unpaired) electrons. The number of fused-ring (bicyclic) bond motifs is 1. The van der Waals surface area contributed by atoms with Gasteiger partial charge in [-0.25, -0.2) is 9.97 Å². The summed E-state index contributed by atoms with van der Waals surface area (Å²) in [4.78, 5) is 35.3. The Balaban J connectivity index is 1.45. The van der Waals surface area contributed by atoms with Gasteiger partial charge in [-0.05, 0) is 31.5 Å². The zero-order chi connectivity index (χ0) is 20.4. The Kier molecular flexibility index (Phi) is 5.43. The third-order valence-electron chi connectivity index (χ3n) is 4.61. The molecule has 3 heterocycles. The lowest BCUT2D eigenvalue weighted by Gasteiger charge is -2.12. The number of anilines is 2. The summed E-state index contributed by atoms with van der Waals surface area (Å²) in [5.41, 5.74) is 0.805. The number of rotatable bonds is 7. The van der Waals surface area contributed by atoms with Crippen molar-refractivity contribution in [2.75, 3.05) is 23.4 Å². The van der Waals surface area contributed by atoms with Crippen LogP contribution < -0.4 is 15.0 Å². The maximum atomic E-state index is 12.6. The first-order chi connectivity index (χ1) is 14.1. The molecule has 0 bridgehead atoms. The maximum Gasteiger partial charge on any atom is 0.248 e. The Hall–Kier alpha value is -3.01. The van der Waals surface area contributed by atoms with Crippen LogP contribution in [-0.4, -0.2) is 44.7 Å². The second-order valence-electron chi connectivity index (χ2n) is 6.78. The minimum Gasteiger partial charge on any atom is -0.494 e. The average molecular weight is 414 g/mol. The molecule has 4 rings (SSSR count). The zero-order valence-corrected chi connectivity index (χ0v) is 17.1. The fourth-order valence-corrected chi connectivity index (χ4v) is 4.25. The number of thiazole rings is 1. The minimum atomic E-state index is -0.466. The largest absolute Gasteiger partial charge is 0.494 e. The van der Waals surface area contributed by atoms with Crippen molar-refractivity contribution in [3.63, 3.8) is 0 Å². The highest BCUT2D eigenvalue weighted by molar-refractivity contribution is 7.22. The SMILES string of the molecule is CCCn1cnc(NC(=O)C2CC(=O)N(c3nc4ccc(OCC)cc4s3)C2)n1. The number of ether oxygens (including phenoxy) is 1. The molecule has 152 valence electrons. The number of carbonyl (C=O) groups is 2. The van der Waals surface area contributed by atoms with Crippen LogP contribution in [0.4, 0.5) is 11.1 Å². The molecule has 9 nitrogen and oxygen atoms in total. The van der Waals surface area contributed by atoms with Crippen molar-refractivity contribution in [3.05, 3.63) is 24.5 Å². The van der Waals surface area contributed by atoms with E-state index in [9.17, 15) is 9.59 Å². The van der Waals surface area contributed by atoms with Crippen molar-refractivity contribution >= 4 is 44.4 Å². The lowest BCUT2D eigenvalue weighted by molar-refractivity contribution is -0.122. The molecule has 2 amide bonds. The van der Waals surface area contributed by atoms with E-state index in [-0.39, 0.29) is 24.2 Å². The van der Waals surface area contributed by atoms with Crippen LogP contribution >= 0.6 is 11.3 Å². The topological polar surface area (TPSA) is 102 Å². The van der Waals surface area contributed by atoms with Crippen LogP contribution in [0.2, 0.25) is 0 Å². The first-order valence-corrected chi connectivity index (χ1v) is 10.4. The summed E-state index contributed by atoms with van der Waals surface area (Å²) in [6, 6.07) is 5.66. The first-order valence-electron chi connectivity index (χ1n) is 9.61. The normalized spacial score (nSPS) is 16.6. The van der Waals surface area contributed by atoms with Gasteiger partial charge in [0.15, 0.2) is 5.13 Å². The first kappa shape index (κ1) is 19.3. The smallest absolute Gasteiger partial charge is 0.248 e. The molecule has 3 aromatic rings. The van der Waals surface area contributed by atoms with E-state index in [2.05, 4.69) is 20.4 Å². The summed E-state index contributed by atoms with van der Waals surface area (Å²) in [5, 5.41) is 7.52. The number of aromatic nitrogens is 4. The summed E-state index contributed by atoms with van der Waals surface area (Å²) >= 11 is 1.42. The van der Waals surface area contributed by atoms with Gasteiger partial charge in [0.25, 0.3) is 0 Å². The fraction of sp³-hybridized carbons (Fsp3) is 0.421. The van der Waals surface area contributed by atoms with E-state index in [4.69, 9.17) is 4.74 Å². The van der Waals surface area contributed by atoms with Crippen molar-refractivity contribution < 1.29 is 14.3 Å².